The van der Waals surface area contributed by atoms with Gasteiger partial charge < -0.3 is 0 Å². The van der Waals surface area contributed by atoms with E-state index in [4.69, 9.17) is 4.98 Å². The number of fused-ring (bicyclic) bond motifs is 1. The van der Waals surface area contributed by atoms with Crippen LogP contribution in [0.2, 0.25) is 0 Å². The maximum absolute atomic E-state index is 5.32. The lowest BCUT2D eigenvalue weighted by Gasteiger charge is -2.11. The average molecular weight is 670 g/mol. The summed E-state index contributed by atoms with van der Waals surface area (Å²) >= 11 is 1.74. The highest BCUT2D eigenvalue weighted by atomic mass is 32.1. The van der Waals surface area contributed by atoms with Crippen molar-refractivity contribution in [2.24, 2.45) is 0 Å². The van der Waals surface area contributed by atoms with Gasteiger partial charge in [-0.1, -0.05) is 121 Å². The Bertz CT molecular complexity index is 2610. The molecule has 0 aliphatic rings. The average Bonchev–Trinajstić information content (AvgIpc) is 3.66. The lowest BCUT2D eigenvalue weighted by atomic mass is 9.94. The zero-order valence-electron chi connectivity index (χ0n) is 27.6. The minimum atomic E-state index is 1.00. The summed E-state index contributed by atoms with van der Waals surface area (Å²) < 4.78 is 1.16. The molecule has 51 heavy (non-hydrogen) atoms. The van der Waals surface area contributed by atoms with Crippen LogP contribution in [0.15, 0.2) is 189 Å². The molecule has 0 saturated heterocycles. The molecule has 0 aliphatic carbocycles. The summed E-state index contributed by atoms with van der Waals surface area (Å²) in [6.07, 6.45) is 7.44. The Hall–Kier alpha value is -6.49. The van der Waals surface area contributed by atoms with E-state index in [1.165, 1.54) is 22.3 Å². The van der Waals surface area contributed by atoms with Gasteiger partial charge in [0.2, 0.25) is 0 Å². The maximum atomic E-state index is 5.32. The number of benzene rings is 6. The molecule has 0 amide bonds. The van der Waals surface area contributed by atoms with E-state index in [2.05, 4.69) is 162 Å². The van der Waals surface area contributed by atoms with Gasteiger partial charge in [0.05, 0.1) is 10.2 Å². The predicted octanol–water partition coefficient (Wildman–Crippen LogP) is 12.8. The third-order valence-corrected chi connectivity index (χ3v) is 10.3. The Labute approximate surface area is 301 Å². The van der Waals surface area contributed by atoms with Gasteiger partial charge in [-0.25, -0.2) is 4.98 Å². The molecule has 9 aromatic rings. The van der Waals surface area contributed by atoms with Crippen molar-refractivity contribution in [1.82, 2.24) is 15.0 Å². The van der Waals surface area contributed by atoms with Crippen molar-refractivity contribution >= 4 is 21.6 Å². The maximum Gasteiger partial charge on any atom is 0.124 e. The SMILES string of the molecule is c1ccc(-c2cccc(-c3cc(-c4cccc(-c5cccnc5)c4)cc4sc(-c5ccc(-c6cccc(-c7cccnc7)c6)cc5)nc34)c2)cc1. The van der Waals surface area contributed by atoms with Crippen LogP contribution in [0.3, 0.4) is 0 Å². The minimum Gasteiger partial charge on any atom is -0.264 e. The van der Waals surface area contributed by atoms with Gasteiger partial charge in [-0.2, -0.15) is 0 Å². The van der Waals surface area contributed by atoms with Gasteiger partial charge in [0.25, 0.3) is 0 Å². The largest absolute Gasteiger partial charge is 0.264 e. The van der Waals surface area contributed by atoms with E-state index in [1.807, 2.05) is 30.7 Å². The monoisotopic (exact) mass is 669 g/mol. The molecule has 0 unspecified atom stereocenters. The van der Waals surface area contributed by atoms with Crippen LogP contribution in [-0.4, -0.2) is 15.0 Å². The summed E-state index contributed by atoms with van der Waals surface area (Å²) in [5.41, 5.74) is 15.9. The fraction of sp³-hybridized carbons (Fsp3) is 0. The number of nitrogens with zero attached hydrogens (tertiary/aromatic N) is 3. The lowest BCUT2D eigenvalue weighted by molar-refractivity contribution is 1.33. The summed E-state index contributed by atoms with van der Waals surface area (Å²) in [5, 5.41) is 1.00. The first-order valence-corrected chi connectivity index (χ1v) is 17.8. The van der Waals surface area contributed by atoms with Crippen molar-refractivity contribution in [2.75, 3.05) is 0 Å². The number of thiazole rings is 1. The summed E-state index contributed by atoms with van der Waals surface area (Å²) in [7, 11) is 0. The molecule has 0 spiro atoms. The normalized spacial score (nSPS) is 11.1. The Morgan fingerprint density at radius 2 is 0.804 bits per heavy atom. The molecule has 0 N–H and O–H groups in total. The van der Waals surface area contributed by atoms with Crippen molar-refractivity contribution in [2.45, 2.75) is 0 Å². The molecule has 3 aromatic heterocycles. The molecule has 0 radical (unpaired) electrons. The van der Waals surface area contributed by atoms with E-state index in [0.29, 0.717) is 0 Å². The van der Waals surface area contributed by atoms with E-state index < -0.39 is 0 Å². The molecular weight excluding hydrogens is 639 g/mol. The van der Waals surface area contributed by atoms with Crippen LogP contribution < -0.4 is 0 Å². The molecule has 0 fully saturated rings. The van der Waals surface area contributed by atoms with E-state index in [-0.39, 0.29) is 0 Å². The first kappa shape index (κ1) is 30.6. The Balaban J connectivity index is 1.14. The highest BCUT2D eigenvalue weighted by Gasteiger charge is 2.16. The molecule has 0 bridgehead atoms. The summed E-state index contributed by atoms with van der Waals surface area (Å²) in [4.78, 5) is 14.0. The van der Waals surface area contributed by atoms with Crippen LogP contribution in [0.25, 0.3) is 87.5 Å². The van der Waals surface area contributed by atoms with E-state index in [0.717, 1.165) is 65.3 Å². The van der Waals surface area contributed by atoms with Crippen molar-refractivity contribution in [1.29, 1.82) is 0 Å². The Morgan fingerprint density at radius 3 is 1.39 bits per heavy atom. The highest BCUT2D eigenvalue weighted by Crippen LogP contribution is 2.41. The van der Waals surface area contributed by atoms with Crippen LogP contribution in [-0.2, 0) is 0 Å². The van der Waals surface area contributed by atoms with Gasteiger partial charge in [-0.15, -0.1) is 11.3 Å². The topological polar surface area (TPSA) is 38.7 Å². The van der Waals surface area contributed by atoms with Crippen LogP contribution in [0.1, 0.15) is 0 Å². The van der Waals surface area contributed by atoms with Gasteiger partial charge >= 0.3 is 0 Å². The predicted molar refractivity (Wildman–Crippen MR) is 213 cm³/mol. The van der Waals surface area contributed by atoms with Crippen LogP contribution in [0.4, 0.5) is 0 Å². The van der Waals surface area contributed by atoms with E-state index in [1.54, 1.807) is 17.5 Å². The van der Waals surface area contributed by atoms with Gasteiger partial charge in [-0.3, -0.25) is 9.97 Å². The number of hydrogen-bond acceptors (Lipinski definition) is 4. The first-order valence-electron chi connectivity index (χ1n) is 17.0. The van der Waals surface area contributed by atoms with Gasteiger partial charge in [0, 0.05) is 47.0 Å². The molecule has 240 valence electrons. The molecule has 4 heteroatoms. The molecule has 9 rings (SSSR count). The smallest absolute Gasteiger partial charge is 0.124 e. The molecule has 0 aliphatic heterocycles. The Kier molecular flexibility index (Phi) is 8.05. The zero-order chi connectivity index (χ0) is 34.0. The number of aromatic nitrogens is 3. The number of pyridine rings is 2. The first-order chi connectivity index (χ1) is 25.2. The van der Waals surface area contributed by atoms with Crippen molar-refractivity contribution in [3.63, 3.8) is 0 Å². The number of hydrogen-bond donors (Lipinski definition) is 0. The standard InChI is InChI=1S/C47H31N3S/c1-2-9-32(10-3-1)36-12-6-16-40(27-36)44-28-43(39-15-5-14-38(26-39)42-18-8-24-49-31-42)29-45-46(44)50-47(51-45)34-21-19-33(20-22-34)35-11-4-13-37(25-35)41-17-7-23-48-30-41/h1-31H. The zero-order valence-corrected chi connectivity index (χ0v) is 28.5. The summed E-state index contributed by atoms with van der Waals surface area (Å²) in [6, 6.07) is 58.2. The van der Waals surface area contributed by atoms with Gasteiger partial charge in [-0.05, 0) is 92.5 Å². The number of rotatable bonds is 7. The van der Waals surface area contributed by atoms with Crippen molar-refractivity contribution in [3.8, 4) is 77.3 Å². The van der Waals surface area contributed by atoms with Crippen LogP contribution >= 0.6 is 11.3 Å². The van der Waals surface area contributed by atoms with Crippen molar-refractivity contribution < 1.29 is 0 Å². The second-order valence-electron chi connectivity index (χ2n) is 12.6. The second kappa shape index (κ2) is 13.4. The minimum absolute atomic E-state index is 1.00. The fourth-order valence-corrected chi connectivity index (χ4v) is 7.70. The quantitative estimate of drug-likeness (QED) is 0.169. The van der Waals surface area contributed by atoms with Crippen LogP contribution in [0, 0.1) is 0 Å². The van der Waals surface area contributed by atoms with E-state index >= 15 is 0 Å². The summed E-state index contributed by atoms with van der Waals surface area (Å²) in [5.74, 6) is 0. The lowest BCUT2D eigenvalue weighted by Crippen LogP contribution is -1.87. The van der Waals surface area contributed by atoms with Crippen molar-refractivity contribution in [3.05, 3.63) is 189 Å². The molecule has 3 nitrogen and oxygen atoms in total. The second-order valence-corrected chi connectivity index (χ2v) is 13.6. The molecular formula is C47H31N3S. The molecule has 6 aromatic carbocycles. The molecule has 0 atom stereocenters. The third kappa shape index (κ3) is 6.25. The molecule has 3 heterocycles. The highest BCUT2D eigenvalue weighted by molar-refractivity contribution is 7.21. The van der Waals surface area contributed by atoms with E-state index in [9.17, 15) is 0 Å². The molecule has 0 saturated carbocycles. The summed E-state index contributed by atoms with van der Waals surface area (Å²) in [6.45, 7) is 0. The third-order valence-electron chi connectivity index (χ3n) is 9.29. The Morgan fingerprint density at radius 1 is 0.333 bits per heavy atom. The van der Waals surface area contributed by atoms with Crippen LogP contribution in [0.5, 0.6) is 0 Å². The van der Waals surface area contributed by atoms with Gasteiger partial charge in [0.15, 0.2) is 0 Å². The van der Waals surface area contributed by atoms with Gasteiger partial charge in [0.1, 0.15) is 5.01 Å². The fourth-order valence-electron chi connectivity index (χ4n) is 6.67.